The van der Waals surface area contributed by atoms with Crippen LogP contribution in [0.25, 0.3) is 0 Å². The number of rotatable bonds is 8. The maximum atomic E-state index is 13.0. The van der Waals surface area contributed by atoms with Gasteiger partial charge in [0.25, 0.3) is 0 Å². The van der Waals surface area contributed by atoms with Crippen molar-refractivity contribution in [3.8, 4) is 0 Å². The summed E-state index contributed by atoms with van der Waals surface area (Å²) in [7, 11) is 3.40. The molecule has 26 heavy (non-hydrogen) atoms. The SMILES string of the molecule is CC(C)CN(CC(=O)N(Cc1ccco1)C[C@@H]1CCCO1)C(=O)N(C)C. The van der Waals surface area contributed by atoms with Gasteiger partial charge in [-0.1, -0.05) is 13.8 Å². The first-order chi connectivity index (χ1) is 12.4. The molecule has 146 valence electrons. The van der Waals surface area contributed by atoms with Crippen LogP contribution in [0.1, 0.15) is 32.4 Å². The Labute approximate surface area is 155 Å². The highest BCUT2D eigenvalue weighted by Gasteiger charge is 2.27. The van der Waals surface area contributed by atoms with Crippen molar-refractivity contribution < 1.29 is 18.7 Å². The fourth-order valence-electron chi connectivity index (χ4n) is 3.08. The maximum absolute atomic E-state index is 13.0. The highest BCUT2D eigenvalue weighted by atomic mass is 16.5. The van der Waals surface area contributed by atoms with Crippen LogP contribution in [0, 0.1) is 5.92 Å². The second kappa shape index (κ2) is 9.62. The fraction of sp³-hybridized carbons (Fsp3) is 0.684. The monoisotopic (exact) mass is 365 g/mol. The number of nitrogens with zero attached hydrogens (tertiary/aromatic N) is 3. The summed E-state index contributed by atoms with van der Waals surface area (Å²) >= 11 is 0. The molecule has 1 aliphatic heterocycles. The largest absolute Gasteiger partial charge is 0.467 e. The van der Waals surface area contributed by atoms with Crippen molar-refractivity contribution in [2.24, 2.45) is 5.92 Å². The molecule has 0 N–H and O–H groups in total. The quantitative estimate of drug-likeness (QED) is 0.710. The molecule has 1 aromatic rings. The molecule has 3 amide bonds. The van der Waals surface area contributed by atoms with Gasteiger partial charge in [-0.3, -0.25) is 4.79 Å². The van der Waals surface area contributed by atoms with Gasteiger partial charge in [0.2, 0.25) is 5.91 Å². The topological polar surface area (TPSA) is 66.2 Å². The van der Waals surface area contributed by atoms with E-state index < -0.39 is 0 Å². The minimum Gasteiger partial charge on any atom is -0.467 e. The number of amides is 3. The first-order valence-corrected chi connectivity index (χ1v) is 9.24. The van der Waals surface area contributed by atoms with E-state index in [9.17, 15) is 9.59 Å². The summed E-state index contributed by atoms with van der Waals surface area (Å²) in [5.41, 5.74) is 0. The summed E-state index contributed by atoms with van der Waals surface area (Å²) in [6, 6.07) is 3.51. The molecular formula is C19H31N3O4. The van der Waals surface area contributed by atoms with Gasteiger partial charge in [-0.2, -0.15) is 0 Å². The van der Waals surface area contributed by atoms with E-state index >= 15 is 0 Å². The minimum atomic E-state index is -0.151. The molecule has 2 heterocycles. The van der Waals surface area contributed by atoms with E-state index in [-0.39, 0.29) is 30.5 Å². The Morgan fingerprint density at radius 3 is 2.58 bits per heavy atom. The van der Waals surface area contributed by atoms with Crippen molar-refractivity contribution in [2.45, 2.75) is 39.3 Å². The molecule has 0 bridgehead atoms. The van der Waals surface area contributed by atoms with Gasteiger partial charge in [0.1, 0.15) is 12.3 Å². The average molecular weight is 365 g/mol. The fourth-order valence-corrected chi connectivity index (χ4v) is 3.08. The average Bonchev–Trinajstić information content (AvgIpc) is 3.26. The van der Waals surface area contributed by atoms with E-state index in [0.29, 0.717) is 19.6 Å². The molecule has 1 atom stereocenters. The van der Waals surface area contributed by atoms with Crippen molar-refractivity contribution in [1.82, 2.24) is 14.7 Å². The van der Waals surface area contributed by atoms with Crippen molar-refractivity contribution in [3.05, 3.63) is 24.2 Å². The second-order valence-electron chi connectivity index (χ2n) is 7.44. The molecule has 1 saturated heterocycles. The zero-order valence-corrected chi connectivity index (χ0v) is 16.3. The van der Waals surface area contributed by atoms with Gasteiger partial charge in [-0.25, -0.2) is 4.79 Å². The summed E-state index contributed by atoms with van der Waals surface area (Å²) in [4.78, 5) is 30.3. The van der Waals surface area contributed by atoms with Gasteiger partial charge in [0.15, 0.2) is 0 Å². The second-order valence-corrected chi connectivity index (χ2v) is 7.44. The van der Waals surface area contributed by atoms with Crippen LogP contribution in [0.5, 0.6) is 0 Å². The van der Waals surface area contributed by atoms with Crippen LogP contribution in [0.15, 0.2) is 22.8 Å². The summed E-state index contributed by atoms with van der Waals surface area (Å²) in [6.07, 6.45) is 3.63. The molecule has 1 aliphatic rings. The number of ether oxygens (including phenoxy) is 1. The standard InChI is InChI=1S/C19H31N3O4/c1-15(2)11-22(19(24)20(3)4)14-18(23)21(12-16-7-5-9-25-16)13-17-8-6-10-26-17/h5,7,9,15,17H,6,8,10-14H2,1-4H3/t17-/m0/s1. The molecule has 7 nitrogen and oxygen atoms in total. The Kier molecular flexibility index (Phi) is 7.50. The van der Waals surface area contributed by atoms with Crippen molar-refractivity contribution in [1.29, 1.82) is 0 Å². The minimum absolute atomic E-state index is 0.0528. The van der Waals surface area contributed by atoms with E-state index in [4.69, 9.17) is 9.15 Å². The van der Waals surface area contributed by atoms with Crippen LogP contribution in [0.3, 0.4) is 0 Å². The molecule has 1 aromatic heterocycles. The van der Waals surface area contributed by atoms with Gasteiger partial charge in [0, 0.05) is 33.8 Å². The molecule has 7 heteroatoms. The van der Waals surface area contributed by atoms with E-state index in [1.807, 2.05) is 26.0 Å². The zero-order chi connectivity index (χ0) is 19.1. The van der Waals surface area contributed by atoms with Crippen molar-refractivity contribution >= 4 is 11.9 Å². The van der Waals surface area contributed by atoms with E-state index in [1.54, 1.807) is 30.2 Å². The molecule has 0 radical (unpaired) electrons. The summed E-state index contributed by atoms with van der Waals surface area (Å²) < 4.78 is 11.1. The maximum Gasteiger partial charge on any atom is 0.319 e. The van der Waals surface area contributed by atoms with E-state index in [2.05, 4.69) is 0 Å². The lowest BCUT2D eigenvalue weighted by atomic mass is 10.2. The summed E-state index contributed by atoms with van der Waals surface area (Å²) in [6.45, 7) is 6.31. The number of carbonyl (C=O) groups is 2. The van der Waals surface area contributed by atoms with Gasteiger partial charge in [-0.05, 0) is 30.9 Å². The first-order valence-electron chi connectivity index (χ1n) is 9.24. The van der Waals surface area contributed by atoms with Gasteiger partial charge in [0.05, 0.1) is 18.9 Å². The molecular weight excluding hydrogens is 334 g/mol. The summed E-state index contributed by atoms with van der Waals surface area (Å²) in [5.74, 6) is 0.918. The molecule has 0 saturated carbocycles. The Balaban J connectivity index is 2.07. The lowest BCUT2D eigenvalue weighted by molar-refractivity contribution is -0.134. The van der Waals surface area contributed by atoms with Crippen LogP contribution in [-0.2, 0) is 16.1 Å². The van der Waals surface area contributed by atoms with Crippen LogP contribution < -0.4 is 0 Å². The molecule has 1 fully saturated rings. The molecule has 0 unspecified atom stereocenters. The highest BCUT2D eigenvalue weighted by molar-refractivity contribution is 5.84. The van der Waals surface area contributed by atoms with Crippen molar-refractivity contribution in [2.75, 3.05) is 40.3 Å². The molecule has 2 rings (SSSR count). The number of hydrogen-bond acceptors (Lipinski definition) is 4. The van der Waals surface area contributed by atoms with Crippen LogP contribution in [0.4, 0.5) is 4.79 Å². The lowest BCUT2D eigenvalue weighted by Crippen LogP contribution is -2.48. The first kappa shape index (κ1) is 20.3. The van der Waals surface area contributed by atoms with E-state index in [0.717, 1.165) is 25.2 Å². The Morgan fingerprint density at radius 1 is 1.27 bits per heavy atom. The number of carbonyl (C=O) groups excluding carboxylic acids is 2. The zero-order valence-electron chi connectivity index (χ0n) is 16.3. The smallest absolute Gasteiger partial charge is 0.319 e. The normalized spacial score (nSPS) is 16.7. The predicted octanol–water partition coefficient (Wildman–Crippen LogP) is 2.43. The highest BCUT2D eigenvalue weighted by Crippen LogP contribution is 2.16. The third kappa shape index (κ3) is 6.05. The van der Waals surface area contributed by atoms with Crippen LogP contribution >= 0.6 is 0 Å². The van der Waals surface area contributed by atoms with Gasteiger partial charge in [-0.15, -0.1) is 0 Å². The third-order valence-electron chi connectivity index (χ3n) is 4.29. The van der Waals surface area contributed by atoms with Gasteiger partial charge < -0.3 is 23.9 Å². The predicted molar refractivity (Wildman–Crippen MR) is 98.6 cm³/mol. The Hall–Kier alpha value is -2.02. The lowest BCUT2D eigenvalue weighted by Gasteiger charge is -2.31. The van der Waals surface area contributed by atoms with Gasteiger partial charge >= 0.3 is 6.03 Å². The number of hydrogen-bond donors (Lipinski definition) is 0. The van der Waals surface area contributed by atoms with Crippen LogP contribution in [-0.4, -0.2) is 73.1 Å². The summed E-state index contributed by atoms with van der Waals surface area (Å²) in [5, 5.41) is 0. The number of urea groups is 1. The number of furan rings is 1. The molecule has 0 aliphatic carbocycles. The molecule has 0 spiro atoms. The van der Waals surface area contributed by atoms with Crippen molar-refractivity contribution in [3.63, 3.8) is 0 Å². The third-order valence-corrected chi connectivity index (χ3v) is 4.29. The van der Waals surface area contributed by atoms with E-state index in [1.165, 1.54) is 4.90 Å². The van der Waals surface area contributed by atoms with Crippen LogP contribution in [0.2, 0.25) is 0 Å². The Bertz CT molecular complexity index is 565. The Morgan fingerprint density at radius 2 is 2.04 bits per heavy atom. The molecule has 0 aromatic carbocycles.